The van der Waals surface area contributed by atoms with E-state index in [0.29, 0.717) is 41.7 Å². The lowest BCUT2D eigenvalue weighted by Crippen LogP contribution is -2.20. The van der Waals surface area contributed by atoms with Crippen molar-refractivity contribution >= 4 is 51.6 Å². The number of para-hydroxylation sites is 4. The second-order valence-electron chi connectivity index (χ2n) is 10.6. The number of rotatable bonds is 10. The normalized spacial score (nSPS) is 10.6. The van der Waals surface area contributed by atoms with Crippen LogP contribution in [0.2, 0.25) is 0 Å². The molecule has 0 amide bonds. The Kier molecular flexibility index (Phi) is 13.2. The van der Waals surface area contributed by atoms with Crippen LogP contribution in [0.15, 0.2) is 106 Å². The zero-order chi connectivity index (χ0) is 35.0. The van der Waals surface area contributed by atoms with Gasteiger partial charge in [0.1, 0.15) is 17.3 Å². The van der Waals surface area contributed by atoms with Crippen LogP contribution in [-0.4, -0.2) is 66.9 Å². The van der Waals surface area contributed by atoms with Crippen LogP contribution in [0.5, 0.6) is 0 Å². The van der Waals surface area contributed by atoms with E-state index in [2.05, 4.69) is 19.7 Å². The van der Waals surface area contributed by atoms with Gasteiger partial charge in [0.25, 0.3) is 12.4 Å². The smallest absolute Gasteiger partial charge is 0.289 e. The number of carbonyl (C=O) groups excluding carboxylic acids is 1. The van der Waals surface area contributed by atoms with Crippen molar-refractivity contribution in [3.05, 3.63) is 143 Å². The molecule has 0 fully saturated rings. The lowest BCUT2D eigenvalue weighted by atomic mass is 10.1. The Balaban J connectivity index is 0.000000182. The predicted molar refractivity (Wildman–Crippen MR) is 192 cm³/mol. The zero-order valence-corrected chi connectivity index (χ0v) is 27.2. The van der Waals surface area contributed by atoms with Crippen molar-refractivity contribution in [3.8, 4) is 0 Å². The molecular weight excluding hydrogens is 620 g/mol. The highest BCUT2D eigenvalue weighted by Gasteiger charge is 2.11. The topological polar surface area (TPSA) is 125 Å². The molecule has 0 aliphatic heterocycles. The quantitative estimate of drug-likeness (QED) is 0.120. The SMILES string of the molecule is CN(CCO)c1ccc(C=O)cc1.[C-]#[N+]/C(=C\c1ccc(N(C)CCO)cc1)c1nc2ccccc2o1.[C-]#[N+]Cc1nc2ccccc2o1. The fourth-order valence-electron chi connectivity index (χ4n) is 4.53. The molecule has 0 aliphatic rings. The van der Waals surface area contributed by atoms with Crippen molar-refractivity contribution in [2.75, 3.05) is 50.2 Å². The number of aliphatic hydroxyl groups excluding tert-OH is 2. The van der Waals surface area contributed by atoms with Crippen LogP contribution >= 0.6 is 0 Å². The Labute approximate surface area is 284 Å². The van der Waals surface area contributed by atoms with E-state index in [4.69, 9.17) is 32.2 Å². The molecule has 11 nitrogen and oxygen atoms in total. The van der Waals surface area contributed by atoms with Gasteiger partial charge in [-0.05, 0) is 72.3 Å². The fraction of sp³-hybridized carbons (Fsp3) is 0.184. The van der Waals surface area contributed by atoms with Crippen LogP contribution in [0.25, 0.3) is 43.7 Å². The number of aldehydes is 1. The molecule has 6 aromatic rings. The monoisotopic (exact) mass is 656 g/mol. The van der Waals surface area contributed by atoms with Crippen LogP contribution in [-0.2, 0) is 6.54 Å². The minimum atomic E-state index is 0.109. The average Bonchev–Trinajstić information content (AvgIpc) is 3.76. The molecule has 6 rings (SSSR count). The van der Waals surface area contributed by atoms with Crippen molar-refractivity contribution in [1.29, 1.82) is 0 Å². The average molecular weight is 657 g/mol. The van der Waals surface area contributed by atoms with E-state index in [1.165, 1.54) is 0 Å². The number of aliphatic hydroxyl groups is 2. The number of likely N-dealkylation sites (N-methyl/N-ethyl adjacent to an activating group) is 2. The van der Waals surface area contributed by atoms with Crippen LogP contribution in [0.4, 0.5) is 11.4 Å². The third-order valence-corrected chi connectivity index (χ3v) is 7.16. The number of fused-ring (bicyclic) bond motifs is 2. The minimum Gasteiger partial charge on any atom is -0.447 e. The van der Waals surface area contributed by atoms with Gasteiger partial charge >= 0.3 is 0 Å². The van der Waals surface area contributed by atoms with E-state index in [0.717, 1.165) is 39.8 Å². The molecule has 2 N–H and O–H groups in total. The molecule has 0 radical (unpaired) electrons. The Morgan fingerprint density at radius 2 is 1.24 bits per heavy atom. The first-order chi connectivity index (χ1) is 23.9. The van der Waals surface area contributed by atoms with Gasteiger partial charge in [0.2, 0.25) is 11.6 Å². The Morgan fingerprint density at radius 1 is 0.735 bits per heavy atom. The second kappa shape index (κ2) is 18.2. The highest BCUT2D eigenvalue weighted by molar-refractivity contribution is 5.85. The van der Waals surface area contributed by atoms with Crippen LogP contribution in [0, 0.1) is 13.1 Å². The largest absolute Gasteiger partial charge is 0.447 e. The number of carbonyl (C=O) groups is 1. The van der Waals surface area contributed by atoms with Gasteiger partial charge in [0.15, 0.2) is 11.2 Å². The number of oxazole rings is 2. The molecule has 0 bridgehead atoms. The molecule has 0 spiro atoms. The van der Waals surface area contributed by atoms with Gasteiger partial charge in [-0.25, -0.2) is 21.4 Å². The molecule has 248 valence electrons. The van der Waals surface area contributed by atoms with Crippen molar-refractivity contribution in [2.45, 2.75) is 6.54 Å². The first-order valence-corrected chi connectivity index (χ1v) is 15.3. The predicted octanol–water partition coefficient (Wildman–Crippen LogP) is 6.85. The van der Waals surface area contributed by atoms with Crippen LogP contribution in [0.1, 0.15) is 27.7 Å². The zero-order valence-electron chi connectivity index (χ0n) is 27.2. The van der Waals surface area contributed by atoms with E-state index in [1.54, 1.807) is 18.2 Å². The Morgan fingerprint density at radius 3 is 1.71 bits per heavy atom. The van der Waals surface area contributed by atoms with E-state index >= 15 is 0 Å². The number of hydrogen-bond donors (Lipinski definition) is 2. The van der Waals surface area contributed by atoms with Gasteiger partial charge < -0.3 is 33.7 Å². The molecule has 2 aromatic heterocycles. The number of anilines is 2. The fourth-order valence-corrected chi connectivity index (χ4v) is 4.53. The van der Waals surface area contributed by atoms with Gasteiger partial charge in [-0.2, -0.15) is 0 Å². The summed E-state index contributed by atoms with van der Waals surface area (Å²) in [7, 11) is 3.82. The molecule has 2 heterocycles. The summed E-state index contributed by atoms with van der Waals surface area (Å²) in [4.78, 5) is 29.5. The standard InChI is InChI=1S/C19H17N3O2.C10H13NO2.C9H6N2O/c1-20-17(19-21-16-5-3-4-6-18(16)24-19)13-14-7-9-15(10-8-14)22(2)11-12-23;1-11(6-7-12)10-4-2-9(8-13)3-5-10;1-10-6-9-11-7-4-2-3-5-8(7)12-9/h3-10,13,23H,11-12H2,2H3;2-5,8,12H,6-7H2,1H3;2-5H,6H2/b17-13-;;. The lowest BCUT2D eigenvalue weighted by molar-refractivity contribution is 0.112. The van der Waals surface area contributed by atoms with Gasteiger partial charge in [-0.1, -0.05) is 36.4 Å². The number of nitrogens with zero attached hydrogens (tertiary/aromatic N) is 6. The second-order valence-corrected chi connectivity index (χ2v) is 10.6. The molecule has 0 saturated carbocycles. The molecule has 0 unspecified atom stereocenters. The maximum atomic E-state index is 10.4. The molecule has 11 heteroatoms. The van der Waals surface area contributed by atoms with Crippen molar-refractivity contribution in [1.82, 2.24) is 9.97 Å². The number of benzene rings is 4. The van der Waals surface area contributed by atoms with Gasteiger partial charge in [0.05, 0.1) is 19.8 Å². The summed E-state index contributed by atoms with van der Waals surface area (Å²) >= 11 is 0. The third-order valence-electron chi connectivity index (χ3n) is 7.16. The summed E-state index contributed by atoms with van der Waals surface area (Å²) in [6.07, 6.45) is 2.57. The van der Waals surface area contributed by atoms with Gasteiger partial charge in [0, 0.05) is 44.1 Å². The third kappa shape index (κ3) is 10.1. The van der Waals surface area contributed by atoms with Crippen LogP contribution in [0.3, 0.4) is 0 Å². The maximum absolute atomic E-state index is 10.4. The molecule has 0 atom stereocenters. The first-order valence-electron chi connectivity index (χ1n) is 15.3. The van der Waals surface area contributed by atoms with Gasteiger partial charge in [-0.3, -0.25) is 4.79 Å². The summed E-state index contributed by atoms with van der Waals surface area (Å²) in [6, 6.07) is 29.9. The molecule has 0 saturated heterocycles. The maximum Gasteiger partial charge on any atom is 0.289 e. The van der Waals surface area contributed by atoms with Gasteiger partial charge in [-0.15, -0.1) is 0 Å². The van der Waals surface area contributed by atoms with E-state index < -0.39 is 0 Å². The van der Waals surface area contributed by atoms with E-state index in [1.807, 2.05) is 109 Å². The van der Waals surface area contributed by atoms with Crippen molar-refractivity contribution < 1.29 is 23.8 Å². The van der Waals surface area contributed by atoms with E-state index in [-0.39, 0.29) is 19.8 Å². The van der Waals surface area contributed by atoms with Crippen LogP contribution < -0.4 is 9.80 Å². The Bertz CT molecular complexity index is 1990. The molecule has 49 heavy (non-hydrogen) atoms. The highest BCUT2D eigenvalue weighted by Crippen LogP contribution is 2.25. The minimum absolute atomic E-state index is 0.109. The Hall–Kier alpha value is -6.27. The first kappa shape index (κ1) is 35.6. The molecule has 4 aromatic carbocycles. The lowest BCUT2D eigenvalue weighted by Gasteiger charge is -2.17. The summed E-state index contributed by atoms with van der Waals surface area (Å²) in [5, 5.41) is 17.7. The summed E-state index contributed by atoms with van der Waals surface area (Å²) in [6.45, 7) is 15.7. The molecular formula is C38H36N6O5. The number of hydrogen-bond acceptors (Lipinski definition) is 9. The summed E-state index contributed by atoms with van der Waals surface area (Å²) < 4.78 is 10.9. The highest BCUT2D eigenvalue weighted by atomic mass is 16.4. The number of aromatic nitrogens is 2. The van der Waals surface area contributed by atoms with E-state index in [9.17, 15) is 4.79 Å². The van der Waals surface area contributed by atoms with Crippen molar-refractivity contribution in [3.63, 3.8) is 0 Å². The summed E-state index contributed by atoms with van der Waals surface area (Å²) in [5.74, 6) is 0.818. The summed E-state index contributed by atoms with van der Waals surface area (Å²) in [5.41, 5.74) is 6.90. The van der Waals surface area contributed by atoms with Crippen molar-refractivity contribution in [2.24, 2.45) is 0 Å². The molecule has 0 aliphatic carbocycles.